The van der Waals surface area contributed by atoms with Crippen LogP contribution in [0.2, 0.25) is 0 Å². The van der Waals surface area contributed by atoms with Crippen molar-refractivity contribution >= 4 is 0 Å². The normalized spacial score (nSPS) is 18.2. The van der Waals surface area contributed by atoms with Crippen molar-refractivity contribution in [3.8, 4) is 0 Å². The van der Waals surface area contributed by atoms with Crippen LogP contribution >= 0.6 is 0 Å². The van der Waals surface area contributed by atoms with Gasteiger partial charge in [0, 0.05) is 0 Å². The largest absolute Gasteiger partial charge is 0.385 e. The first-order chi connectivity index (χ1) is 8.96. The molecule has 1 N–H and O–H groups in total. The first kappa shape index (κ1) is 14.3. The molecule has 0 unspecified atom stereocenters. The van der Waals surface area contributed by atoms with Crippen molar-refractivity contribution in [2.75, 3.05) is 0 Å². The van der Waals surface area contributed by atoms with E-state index in [1.165, 1.54) is 22.3 Å². The van der Waals surface area contributed by atoms with Crippen LogP contribution in [0.25, 0.3) is 0 Å². The van der Waals surface area contributed by atoms with Crippen LogP contribution in [0, 0.1) is 6.92 Å². The van der Waals surface area contributed by atoms with E-state index in [-0.39, 0.29) is 0 Å². The third-order valence-corrected chi connectivity index (χ3v) is 4.63. The Morgan fingerprint density at radius 1 is 1.21 bits per heavy atom. The Balaban J connectivity index is 2.06. The van der Waals surface area contributed by atoms with Gasteiger partial charge in [-0.2, -0.15) is 0 Å². The first-order valence-electron chi connectivity index (χ1n) is 7.44. The SMILES string of the molecule is CC/C(C)=C(/C)CCc1ccc(C2(O)CC2)cc1C. The average Bonchev–Trinajstić information content (AvgIpc) is 3.15. The zero-order valence-corrected chi connectivity index (χ0v) is 12.7. The second-order valence-electron chi connectivity index (χ2n) is 6.09. The molecular formula is C18H26O. The molecular weight excluding hydrogens is 232 g/mol. The summed E-state index contributed by atoms with van der Waals surface area (Å²) >= 11 is 0. The third-order valence-electron chi connectivity index (χ3n) is 4.63. The molecule has 19 heavy (non-hydrogen) atoms. The highest BCUT2D eigenvalue weighted by Crippen LogP contribution is 2.45. The number of benzene rings is 1. The molecule has 104 valence electrons. The molecule has 0 atom stereocenters. The van der Waals surface area contributed by atoms with Gasteiger partial charge in [-0.1, -0.05) is 36.3 Å². The number of allylic oxidation sites excluding steroid dienone is 2. The van der Waals surface area contributed by atoms with E-state index in [1.54, 1.807) is 0 Å². The van der Waals surface area contributed by atoms with Gasteiger partial charge in [0.15, 0.2) is 0 Å². The van der Waals surface area contributed by atoms with Crippen LogP contribution in [-0.4, -0.2) is 5.11 Å². The molecule has 1 fully saturated rings. The summed E-state index contributed by atoms with van der Waals surface area (Å²) in [6, 6.07) is 6.49. The summed E-state index contributed by atoms with van der Waals surface area (Å²) in [5, 5.41) is 10.1. The molecule has 0 spiro atoms. The summed E-state index contributed by atoms with van der Waals surface area (Å²) in [4.78, 5) is 0. The molecule has 0 aliphatic heterocycles. The predicted molar refractivity (Wildman–Crippen MR) is 81.3 cm³/mol. The smallest absolute Gasteiger partial charge is 0.0899 e. The predicted octanol–water partition coefficient (Wildman–Crippen LogP) is 4.66. The Hall–Kier alpha value is -1.08. The van der Waals surface area contributed by atoms with Gasteiger partial charge in [-0.25, -0.2) is 0 Å². The number of rotatable bonds is 5. The molecule has 0 radical (unpaired) electrons. The molecule has 1 aliphatic rings. The lowest BCUT2D eigenvalue weighted by molar-refractivity contribution is 0.151. The van der Waals surface area contributed by atoms with Crippen LogP contribution in [0.3, 0.4) is 0 Å². The average molecular weight is 258 g/mol. The Kier molecular flexibility index (Phi) is 4.15. The minimum atomic E-state index is -0.502. The molecule has 0 amide bonds. The van der Waals surface area contributed by atoms with Gasteiger partial charge in [0.2, 0.25) is 0 Å². The fourth-order valence-electron chi connectivity index (χ4n) is 2.51. The minimum absolute atomic E-state index is 0.502. The Bertz CT molecular complexity index is 492. The summed E-state index contributed by atoms with van der Waals surface area (Å²) in [7, 11) is 0. The van der Waals surface area contributed by atoms with Crippen LogP contribution < -0.4 is 0 Å². The zero-order chi connectivity index (χ0) is 14.0. The quantitative estimate of drug-likeness (QED) is 0.762. The van der Waals surface area contributed by atoms with Crippen LogP contribution in [0.5, 0.6) is 0 Å². The molecule has 1 heteroatoms. The van der Waals surface area contributed by atoms with Crippen molar-refractivity contribution in [3.05, 3.63) is 46.0 Å². The van der Waals surface area contributed by atoms with Crippen molar-refractivity contribution in [1.29, 1.82) is 0 Å². The van der Waals surface area contributed by atoms with E-state index in [4.69, 9.17) is 0 Å². The first-order valence-corrected chi connectivity index (χ1v) is 7.44. The van der Waals surface area contributed by atoms with Gasteiger partial charge in [0.25, 0.3) is 0 Å². The van der Waals surface area contributed by atoms with Crippen LogP contribution in [-0.2, 0) is 12.0 Å². The number of hydrogen-bond acceptors (Lipinski definition) is 1. The highest BCUT2D eigenvalue weighted by Gasteiger charge is 2.42. The molecule has 1 aromatic carbocycles. The molecule has 0 aromatic heterocycles. The molecule has 1 nitrogen and oxygen atoms in total. The van der Waals surface area contributed by atoms with Gasteiger partial charge >= 0.3 is 0 Å². The molecule has 0 heterocycles. The van der Waals surface area contributed by atoms with E-state index in [9.17, 15) is 5.11 Å². The fourth-order valence-corrected chi connectivity index (χ4v) is 2.51. The number of aryl methyl sites for hydroxylation is 2. The van der Waals surface area contributed by atoms with Gasteiger partial charge in [-0.3, -0.25) is 0 Å². The fraction of sp³-hybridized carbons (Fsp3) is 0.556. The second kappa shape index (κ2) is 5.50. The van der Waals surface area contributed by atoms with Crippen molar-refractivity contribution in [2.45, 2.75) is 65.4 Å². The summed E-state index contributed by atoms with van der Waals surface area (Å²) in [6.07, 6.45) is 5.24. The van der Waals surface area contributed by atoms with E-state index in [0.29, 0.717) is 0 Å². The molecule has 1 aromatic rings. The lowest BCUT2D eigenvalue weighted by atomic mass is 9.95. The lowest BCUT2D eigenvalue weighted by Crippen LogP contribution is -2.05. The Morgan fingerprint density at radius 2 is 1.89 bits per heavy atom. The number of hydrogen-bond donors (Lipinski definition) is 1. The minimum Gasteiger partial charge on any atom is -0.385 e. The van der Waals surface area contributed by atoms with Gasteiger partial charge in [-0.05, 0) is 69.6 Å². The summed E-state index contributed by atoms with van der Waals surface area (Å²) in [5.41, 5.74) is 6.37. The zero-order valence-electron chi connectivity index (χ0n) is 12.7. The summed E-state index contributed by atoms with van der Waals surface area (Å²) in [6.45, 7) is 8.86. The van der Waals surface area contributed by atoms with Crippen molar-refractivity contribution in [2.24, 2.45) is 0 Å². The van der Waals surface area contributed by atoms with Crippen molar-refractivity contribution < 1.29 is 5.11 Å². The molecule has 1 saturated carbocycles. The van der Waals surface area contributed by atoms with Crippen LogP contribution in [0.4, 0.5) is 0 Å². The van der Waals surface area contributed by atoms with Gasteiger partial charge in [0.05, 0.1) is 5.60 Å². The van der Waals surface area contributed by atoms with Gasteiger partial charge in [0.1, 0.15) is 0 Å². The second-order valence-corrected chi connectivity index (χ2v) is 6.09. The topological polar surface area (TPSA) is 20.2 Å². The van der Waals surface area contributed by atoms with E-state index in [2.05, 4.69) is 45.9 Å². The highest BCUT2D eigenvalue weighted by molar-refractivity contribution is 5.36. The van der Waals surface area contributed by atoms with Crippen molar-refractivity contribution in [3.63, 3.8) is 0 Å². The standard InChI is InChI=1S/C18H26O/c1-5-13(2)14(3)6-7-16-8-9-17(12-15(16)4)18(19)10-11-18/h8-9,12,19H,5-7,10-11H2,1-4H3/b14-13-. The monoisotopic (exact) mass is 258 g/mol. The van der Waals surface area contributed by atoms with Crippen LogP contribution in [0.15, 0.2) is 29.3 Å². The lowest BCUT2D eigenvalue weighted by Gasteiger charge is -2.13. The Morgan fingerprint density at radius 3 is 2.42 bits per heavy atom. The maximum Gasteiger partial charge on any atom is 0.0899 e. The van der Waals surface area contributed by atoms with Crippen molar-refractivity contribution in [1.82, 2.24) is 0 Å². The summed E-state index contributed by atoms with van der Waals surface area (Å²) < 4.78 is 0. The molecule has 0 bridgehead atoms. The maximum atomic E-state index is 10.1. The van der Waals surface area contributed by atoms with E-state index in [1.807, 2.05) is 0 Å². The summed E-state index contributed by atoms with van der Waals surface area (Å²) in [5.74, 6) is 0. The maximum absolute atomic E-state index is 10.1. The van der Waals surface area contributed by atoms with E-state index < -0.39 is 5.60 Å². The van der Waals surface area contributed by atoms with Gasteiger partial charge < -0.3 is 5.11 Å². The van der Waals surface area contributed by atoms with Gasteiger partial charge in [-0.15, -0.1) is 0 Å². The molecule has 1 aliphatic carbocycles. The molecule has 0 saturated heterocycles. The van der Waals surface area contributed by atoms with E-state index in [0.717, 1.165) is 37.7 Å². The highest BCUT2D eigenvalue weighted by atomic mass is 16.3. The van der Waals surface area contributed by atoms with Crippen LogP contribution in [0.1, 0.15) is 63.1 Å². The molecule has 2 rings (SSSR count). The Labute approximate surface area is 117 Å². The number of aliphatic hydroxyl groups is 1. The van der Waals surface area contributed by atoms with E-state index >= 15 is 0 Å². The third kappa shape index (κ3) is 3.27.